The zero-order valence-corrected chi connectivity index (χ0v) is 10.5. The maximum atomic E-state index is 12.7. The molecule has 0 saturated carbocycles. The quantitative estimate of drug-likeness (QED) is 0.632. The Morgan fingerprint density at radius 2 is 2.29 bits per heavy atom. The second-order valence-corrected chi connectivity index (χ2v) is 5.22. The largest absolute Gasteiger partial charge is 0.355 e. The first-order valence-corrected chi connectivity index (χ1v) is 6.31. The summed E-state index contributed by atoms with van der Waals surface area (Å²) in [6.07, 6.45) is 6.86. The molecule has 86 valence electrons. The van der Waals surface area contributed by atoms with Crippen LogP contribution in [-0.2, 0) is 0 Å². The number of alkyl halides is 1. The van der Waals surface area contributed by atoms with Crippen LogP contribution in [0, 0.1) is 5.95 Å². The fourth-order valence-corrected chi connectivity index (χ4v) is 2.45. The molecular formula is C13H10BrFN2. The lowest BCUT2D eigenvalue weighted by Crippen LogP contribution is -2.27. The van der Waals surface area contributed by atoms with Crippen molar-refractivity contribution >= 4 is 28.1 Å². The molecule has 2 aromatic rings. The van der Waals surface area contributed by atoms with Crippen LogP contribution >= 0.6 is 15.9 Å². The van der Waals surface area contributed by atoms with Crippen molar-refractivity contribution in [1.29, 1.82) is 0 Å². The Hall–Kier alpha value is -1.42. The van der Waals surface area contributed by atoms with Crippen molar-refractivity contribution in [3.63, 3.8) is 0 Å². The Kier molecular flexibility index (Phi) is 2.59. The van der Waals surface area contributed by atoms with Crippen molar-refractivity contribution in [2.75, 3.05) is 0 Å². The zero-order chi connectivity index (χ0) is 11.8. The molecular weight excluding hydrogens is 283 g/mol. The van der Waals surface area contributed by atoms with E-state index in [9.17, 15) is 4.39 Å². The first-order chi connectivity index (χ1) is 8.22. The van der Waals surface area contributed by atoms with Crippen molar-refractivity contribution in [2.45, 2.75) is 11.2 Å². The van der Waals surface area contributed by atoms with E-state index >= 15 is 0 Å². The molecule has 0 bridgehead atoms. The van der Waals surface area contributed by atoms with Crippen molar-refractivity contribution in [3.8, 4) is 11.3 Å². The number of hydrogen-bond donors (Lipinski definition) is 1. The van der Waals surface area contributed by atoms with E-state index in [1.165, 1.54) is 17.5 Å². The number of nitrogens with one attached hydrogen (secondary N) is 1. The number of rotatable bonds is 1. The highest BCUT2D eigenvalue weighted by molar-refractivity contribution is 9.09. The van der Waals surface area contributed by atoms with E-state index in [-0.39, 0.29) is 0 Å². The normalized spacial score (nSPS) is 18.1. The van der Waals surface area contributed by atoms with Gasteiger partial charge in [0.1, 0.15) is 0 Å². The lowest BCUT2D eigenvalue weighted by molar-refractivity contribution is 0.584. The summed E-state index contributed by atoms with van der Waals surface area (Å²) < 4.78 is 12.7. The van der Waals surface area contributed by atoms with E-state index in [2.05, 4.69) is 44.1 Å². The second-order valence-electron chi connectivity index (χ2n) is 4.04. The molecule has 0 spiro atoms. The fourth-order valence-electron chi connectivity index (χ4n) is 1.98. The molecule has 0 aliphatic heterocycles. The molecule has 3 rings (SSSR count). The highest BCUT2D eigenvalue weighted by Gasteiger charge is 2.07. The van der Waals surface area contributed by atoms with Crippen LogP contribution in [0.3, 0.4) is 0 Å². The molecule has 0 aromatic carbocycles. The first kappa shape index (κ1) is 10.7. The van der Waals surface area contributed by atoms with Crippen LogP contribution in [0.2, 0.25) is 0 Å². The number of pyridine rings is 1. The fraction of sp³-hybridized carbons (Fsp3) is 0.154. The molecule has 2 nitrogen and oxygen atoms in total. The van der Waals surface area contributed by atoms with Crippen LogP contribution in [0.25, 0.3) is 23.4 Å². The van der Waals surface area contributed by atoms with Crippen molar-refractivity contribution < 1.29 is 4.39 Å². The monoisotopic (exact) mass is 292 g/mol. The van der Waals surface area contributed by atoms with Gasteiger partial charge in [0, 0.05) is 27.6 Å². The van der Waals surface area contributed by atoms with Crippen molar-refractivity contribution in [3.05, 3.63) is 40.9 Å². The first-order valence-electron chi connectivity index (χ1n) is 5.39. The Bertz CT molecular complexity index is 658. The van der Waals surface area contributed by atoms with Gasteiger partial charge in [0.15, 0.2) is 0 Å². The summed E-state index contributed by atoms with van der Waals surface area (Å²) in [5.74, 6) is -0.455. The van der Waals surface area contributed by atoms with Crippen LogP contribution in [0.4, 0.5) is 4.39 Å². The van der Waals surface area contributed by atoms with Gasteiger partial charge < -0.3 is 4.98 Å². The highest BCUT2D eigenvalue weighted by atomic mass is 79.9. The lowest BCUT2D eigenvalue weighted by atomic mass is 10.1. The SMILES string of the molecule is Fc1ccc(-c2cc3c([nH]2)=CCC(Br)C=3)cn1. The Balaban J connectivity index is 2.12. The van der Waals surface area contributed by atoms with E-state index in [1.807, 2.05) is 0 Å². The maximum absolute atomic E-state index is 12.7. The third-order valence-corrected chi connectivity index (χ3v) is 3.46. The van der Waals surface area contributed by atoms with E-state index in [4.69, 9.17) is 0 Å². The zero-order valence-electron chi connectivity index (χ0n) is 8.95. The Morgan fingerprint density at radius 1 is 1.41 bits per heavy atom. The summed E-state index contributed by atoms with van der Waals surface area (Å²) in [6.45, 7) is 0. The smallest absolute Gasteiger partial charge is 0.212 e. The number of halogens is 2. The van der Waals surface area contributed by atoms with Crippen LogP contribution in [0.1, 0.15) is 6.42 Å². The summed E-state index contributed by atoms with van der Waals surface area (Å²) in [7, 11) is 0. The summed E-state index contributed by atoms with van der Waals surface area (Å²) >= 11 is 3.57. The average Bonchev–Trinajstić information content (AvgIpc) is 2.72. The molecule has 1 N–H and O–H groups in total. The predicted molar refractivity (Wildman–Crippen MR) is 69.5 cm³/mol. The van der Waals surface area contributed by atoms with E-state index < -0.39 is 5.95 Å². The molecule has 4 heteroatoms. The maximum Gasteiger partial charge on any atom is 0.212 e. The second kappa shape index (κ2) is 4.11. The summed E-state index contributed by atoms with van der Waals surface area (Å²) in [5, 5.41) is 2.30. The molecule has 0 fully saturated rings. The molecule has 1 aliphatic rings. The molecule has 1 unspecified atom stereocenters. The van der Waals surface area contributed by atoms with Gasteiger partial charge in [-0.05, 0) is 29.8 Å². The number of H-pyrrole nitrogens is 1. The van der Waals surface area contributed by atoms with E-state index in [1.54, 1.807) is 6.07 Å². The van der Waals surface area contributed by atoms with Gasteiger partial charge in [0.25, 0.3) is 0 Å². The molecule has 17 heavy (non-hydrogen) atoms. The number of aromatic amines is 1. The predicted octanol–water partition coefficient (Wildman–Crippen LogP) is 1.94. The minimum atomic E-state index is -0.455. The lowest BCUT2D eigenvalue weighted by Gasteiger charge is -2.01. The van der Waals surface area contributed by atoms with Crippen LogP contribution in [0.15, 0.2) is 24.4 Å². The molecule has 2 aromatic heterocycles. The standard InChI is InChI=1S/C13H10BrFN2/c14-10-2-3-11-9(5-10)6-12(17-11)8-1-4-13(15)16-7-8/h1,3-7,10,17H,2H2. The summed E-state index contributed by atoms with van der Waals surface area (Å²) in [5.41, 5.74) is 1.87. The van der Waals surface area contributed by atoms with Crippen molar-refractivity contribution in [1.82, 2.24) is 9.97 Å². The van der Waals surface area contributed by atoms with E-state index in [0.717, 1.165) is 23.0 Å². The van der Waals surface area contributed by atoms with Crippen molar-refractivity contribution in [2.24, 2.45) is 0 Å². The molecule has 1 atom stereocenters. The third kappa shape index (κ3) is 2.05. The number of hydrogen-bond acceptors (Lipinski definition) is 1. The molecule has 2 heterocycles. The average molecular weight is 293 g/mol. The highest BCUT2D eigenvalue weighted by Crippen LogP contribution is 2.14. The van der Waals surface area contributed by atoms with Gasteiger partial charge in [0.05, 0.1) is 0 Å². The summed E-state index contributed by atoms with van der Waals surface area (Å²) in [4.78, 5) is 7.37. The van der Waals surface area contributed by atoms with Crippen LogP contribution in [-0.4, -0.2) is 14.8 Å². The molecule has 0 radical (unpaired) electrons. The van der Waals surface area contributed by atoms with E-state index in [0.29, 0.717) is 4.83 Å². The van der Waals surface area contributed by atoms with Gasteiger partial charge in [-0.2, -0.15) is 4.39 Å². The third-order valence-electron chi connectivity index (χ3n) is 2.83. The van der Waals surface area contributed by atoms with Gasteiger partial charge in [-0.1, -0.05) is 28.1 Å². The molecule has 0 saturated heterocycles. The Labute approximate surface area is 106 Å². The minimum Gasteiger partial charge on any atom is -0.355 e. The van der Waals surface area contributed by atoms with Gasteiger partial charge in [-0.15, -0.1) is 0 Å². The van der Waals surface area contributed by atoms with Crippen LogP contribution in [0.5, 0.6) is 0 Å². The molecule has 1 aliphatic carbocycles. The van der Waals surface area contributed by atoms with Gasteiger partial charge >= 0.3 is 0 Å². The Morgan fingerprint density at radius 3 is 3.06 bits per heavy atom. The van der Waals surface area contributed by atoms with Crippen LogP contribution < -0.4 is 10.6 Å². The molecule has 0 amide bonds. The van der Waals surface area contributed by atoms with Gasteiger partial charge in [0.2, 0.25) is 5.95 Å². The minimum absolute atomic E-state index is 0.394. The number of fused-ring (bicyclic) bond motifs is 1. The summed E-state index contributed by atoms with van der Waals surface area (Å²) in [6, 6.07) is 5.16. The number of aromatic nitrogens is 2. The number of nitrogens with zero attached hydrogens (tertiary/aromatic N) is 1. The van der Waals surface area contributed by atoms with Gasteiger partial charge in [-0.25, -0.2) is 4.98 Å². The topological polar surface area (TPSA) is 28.7 Å². The van der Waals surface area contributed by atoms with Gasteiger partial charge in [-0.3, -0.25) is 0 Å².